The maximum absolute atomic E-state index is 3.64. The maximum atomic E-state index is 3.64. The summed E-state index contributed by atoms with van der Waals surface area (Å²) in [5.41, 5.74) is 0. The van der Waals surface area contributed by atoms with Crippen LogP contribution in [0.3, 0.4) is 0 Å². The zero-order chi connectivity index (χ0) is 12.0. The smallest absolute Gasteiger partial charge is 0.0285 e. The van der Waals surface area contributed by atoms with E-state index in [-0.39, 0.29) is 0 Å². The molecule has 1 aromatic rings. The van der Waals surface area contributed by atoms with Crippen LogP contribution in [0.25, 0.3) is 0 Å². The highest BCUT2D eigenvalue weighted by Gasteiger charge is 2.15. The van der Waals surface area contributed by atoms with Crippen molar-refractivity contribution in [3.63, 3.8) is 0 Å². The minimum Gasteiger partial charge on any atom is -0.314 e. The Balaban J connectivity index is 2.45. The van der Waals surface area contributed by atoms with Crippen LogP contribution in [0.2, 0.25) is 0 Å². The first-order chi connectivity index (χ1) is 7.67. The topological polar surface area (TPSA) is 12.0 Å². The first-order valence-corrected chi connectivity index (χ1v) is 7.80. The van der Waals surface area contributed by atoms with E-state index in [4.69, 9.17) is 0 Å². The lowest BCUT2D eigenvalue weighted by molar-refractivity contribution is 0.366. The van der Waals surface area contributed by atoms with Crippen LogP contribution in [0.1, 0.15) is 38.5 Å². The van der Waals surface area contributed by atoms with E-state index in [1.165, 1.54) is 28.6 Å². The highest BCUT2D eigenvalue weighted by Crippen LogP contribution is 2.24. The van der Waals surface area contributed by atoms with Gasteiger partial charge in [-0.15, -0.1) is 11.3 Å². The van der Waals surface area contributed by atoms with Gasteiger partial charge in [0.05, 0.1) is 0 Å². The summed E-state index contributed by atoms with van der Waals surface area (Å²) in [6, 6.07) is 2.90. The normalized spacial score (nSPS) is 15.0. The van der Waals surface area contributed by atoms with Gasteiger partial charge in [-0.05, 0) is 53.7 Å². The summed E-state index contributed by atoms with van der Waals surface area (Å²) >= 11 is 5.37. The first kappa shape index (κ1) is 14.2. The fourth-order valence-electron chi connectivity index (χ4n) is 2.00. The Kier molecular flexibility index (Phi) is 6.62. The third-order valence-electron chi connectivity index (χ3n) is 2.93. The predicted octanol–water partition coefficient (Wildman–Crippen LogP) is 4.47. The van der Waals surface area contributed by atoms with Crippen molar-refractivity contribution in [3.8, 4) is 0 Å². The zero-order valence-corrected chi connectivity index (χ0v) is 12.8. The summed E-state index contributed by atoms with van der Waals surface area (Å²) < 4.78 is 1.22. The van der Waals surface area contributed by atoms with E-state index >= 15 is 0 Å². The van der Waals surface area contributed by atoms with Crippen molar-refractivity contribution in [2.45, 2.75) is 46.1 Å². The molecule has 0 saturated carbocycles. The van der Waals surface area contributed by atoms with Crippen LogP contribution in [0.15, 0.2) is 15.9 Å². The second-order valence-corrected chi connectivity index (χ2v) is 6.29. The average Bonchev–Trinajstić information content (AvgIpc) is 2.65. The molecule has 2 atom stereocenters. The Bertz CT molecular complexity index is 298. The van der Waals surface area contributed by atoms with Crippen LogP contribution in [0, 0.1) is 5.92 Å². The van der Waals surface area contributed by atoms with Crippen LogP contribution in [0.5, 0.6) is 0 Å². The summed E-state index contributed by atoms with van der Waals surface area (Å²) in [5.74, 6) is 0.710. The quantitative estimate of drug-likeness (QED) is 0.784. The predicted molar refractivity (Wildman–Crippen MR) is 77.3 cm³/mol. The standard InChI is InChI=1S/C13H22BrNS/c1-4-6-15-13(5-2)10(3)7-12-8-11(14)9-16-12/h8-10,13,15H,4-7H2,1-3H3. The summed E-state index contributed by atoms with van der Waals surface area (Å²) in [4.78, 5) is 1.48. The molecule has 0 bridgehead atoms. The Morgan fingerprint density at radius 1 is 1.44 bits per heavy atom. The van der Waals surface area contributed by atoms with Crippen molar-refractivity contribution in [2.24, 2.45) is 5.92 Å². The SMILES string of the molecule is CCCNC(CC)C(C)Cc1cc(Br)cs1. The van der Waals surface area contributed by atoms with Gasteiger partial charge < -0.3 is 5.32 Å². The summed E-state index contributed by atoms with van der Waals surface area (Å²) in [6.45, 7) is 7.98. The van der Waals surface area contributed by atoms with Crippen LogP contribution >= 0.6 is 27.3 Å². The van der Waals surface area contributed by atoms with Gasteiger partial charge in [0.2, 0.25) is 0 Å². The van der Waals surface area contributed by atoms with Crippen molar-refractivity contribution in [2.75, 3.05) is 6.54 Å². The number of hydrogen-bond acceptors (Lipinski definition) is 2. The molecular weight excluding hydrogens is 282 g/mol. The summed E-state index contributed by atoms with van der Waals surface area (Å²) in [6.07, 6.45) is 3.62. The maximum Gasteiger partial charge on any atom is 0.0285 e. The number of halogens is 1. The van der Waals surface area contributed by atoms with Gasteiger partial charge >= 0.3 is 0 Å². The first-order valence-electron chi connectivity index (χ1n) is 6.13. The van der Waals surface area contributed by atoms with E-state index in [9.17, 15) is 0 Å². The third kappa shape index (κ3) is 4.56. The van der Waals surface area contributed by atoms with Gasteiger partial charge in [-0.2, -0.15) is 0 Å². The molecule has 0 aliphatic carbocycles. The molecule has 0 aliphatic heterocycles. The molecule has 0 spiro atoms. The number of thiophene rings is 1. The van der Waals surface area contributed by atoms with E-state index in [2.05, 4.69) is 53.5 Å². The minimum atomic E-state index is 0.654. The molecular formula is C13H22BrNS. The fraction of sp³-hybridized carbons (Fsp3) is 0.692. The second-order valence-electron chi connectivity index (χ2n) is 4.38. The Morgan fingerprint density at radius 2 is 2.19 bits per heavy atom. The molecule has 16 heavy (non-hydrogen) atoms. The molecule has 3 heteroatoms. The molecule has 2 unspecified atom stereocenters. The molecule has 1 heterocycles. The van der Waals surface area contributed by atoms with Crippen molar-refractivity contribution in [1.82, 2.24) is 5.32 Å². The lowest BCUT2D eigenvalue weighted by atomic mass is 9.95. The molecule has 1 N–H and O–H groups in total. The second kappa shape index (κ2) is 7.46. The molecule has 92 valence electrons. The van der Waals surface area contributed by atoms with Crippen molar-refractivity contribution < 1.29 is 0 Å². The Hall–Kier alpha value is 0.140. The lowest BCUT2D eigenvalue weighted by Gasteiger charge is -2.23. The van der Waals surface area contributed by atoms with Gasteiger partial charge in [-0.3, -0.25) is 0 Å². The van der Waals surface area contributed by atoms with E-state index in [1.807, 2.05) is 11.3 Å². The van der Waals surface area contributed by atoms with Crippen molar-refractivity contribution in [3.05, 3.63) is 20.8 Å². The monoisotopic (exact) mass is 303 g/mol. The van der Waals surface area contributed by atoms with Crippen LogP contribution in [-0.4, -0.2) is 12.6 Å². The largest absolute Gasteiger partial charge is 0.314 e. The highest BCUT2D eigenvalue weighted by atomic mass is 79.9. The van der Waals surface area contributed by atoms with Gasteiger partial charge in [-0.25, -0.2) is 0 Å². The minimum absolute atomic E-state index is 0.654. The zero-order valence-electron chi connectivity index (χ0n) is 10.4. The van der Waals surface area contributed by atoms with Crippen molar-refractivity contribution >= 4 is 27.3 Å². The summed E-state index contributed by atoms with van der Waals surface area (Å²) in [5, 5.41) is 5.81. The molecule has 1 aromatic heterocycles. The summed E-state index contributed by atoms with van der Waals surface area (Å²) in [7, 11) is 0. The lowest BCUT2D eigenvalue weighted by Crippen LogP contribution is -2.35. The molecule has 0 saturated heterocycles. The van der Waals surface area contributed by atoms with Gasteiger partial charge in [0.15, 0.2) is 0 Å². The number of hydrogen-bond donors (Lipinski definition) is 1. The van der Waals surface area contributed by atoms with Crippen LogP contribution in [0.4, 0.5) is 0 Å². The van der Waals surface area contributed by atoms with E-state index in [1.54, 1.807) is 0 Å². The molecule has 1 rings (SSSR count). The van der Waals surface area contributed by atoms with Gasteiger partial charge in [0.1, 0.15) is 0 Å². The van der Waals surface area contributed by atoms with E-state index in [0.29, 0.717) is 12.0 Å². The van der Waals surface area contributed by atoms with Crippen molar-refractivity contribution in [1.29, 1.82) is 0 Å². The molecule has 0 fully saturated rings. The van der Waals surface area contributed by atoms with Crippen LogP contribution < -0.4 is 5.32 Å². The Labute approximate surface area is 112 Å². The molecule has 1 nitrogen and oxygen atoms in total. The molecule has 0 radical (unpaired) electrons. The molecule has 0 aromatic carbocycles. The highest BCUT2D eigenvalue weighted by molar-refractivity contribution is 9.10. The third-order valence-corrected chi connectivity index (χ3v) is 4.65. The number of rotatable bonds is 7. The van der Waals surface area contributed by atoms with Gasteiger partial charge in [0, 0.05) is 20.8 Å². The van der Waals surface area contributed by atoms with Gasteiger partial charge in [0.25, 0.3) is 0 Å². The Morgan fingerprint density at radius 3 is 2.69 bits per heavy atom. The van der Waals surface area contributed by atoms with E-state index < -0.39 is 0 Å². The average molecular weight is 304 g/mol. The molecule has 0 aliphatic rings. The number of nitrogens with one attached hydrogen (secondary N) is 1. The van der Waals surface area contributed by atoms with Crippen LogP contribution in [-0.2, 0) is 6.42 Å². The van der Waals surface area contributed by atoms with Gasteiger partial charge in [-0.1, -0.05) is 20.8 Å². The fourth-order valence-corrected chi connectivity index (χ4v) is 3.59. The van der Waals surface area contributed by atoms with E-state index in [0.717, 1.165) is 6.54 Å². The molecule has 0 amide bonds.